The van der Waals surface area contributed by atoms with Gasteiger partial charge in [0.25, 0.3) is 5.91 Å². The van der Waals surface area contributed by atoms with Gasteiger partial charge in [0.2, 0.25) is 0 Å². The van der Waals surface area contributed by atoms with Crippen LogP contribution in [-0.4, -0.2) is 70.1 Å². The summed E-state index contributed by atoms with van der Waals surface area (Å²) < 4.78 is 19.8. The zero-order chi connectivity index (χ0) is 27.7. The van der Waals surface area contributed by atoms with E-state index >= 15 is 0 Å². The molecule has 1 saturated carbocycles. The summed E-state index contributed by atoms with van der Waals surface area (Å²) in [5.41, 5.74) is 0.938. The summed E-state index contributed by atoms with van der Waals surface area (Å²) in [7, 11) is 0. The fraction of sp³-hybridized carbons (Fsp3) is 0.630. The molecule has 38 heavy (non-hydrogen) atoms. The topological polar surface area (TPSA) is 122 Å². The number of carbonyl (C=O) groups is 2. The Hall–Kier alpha value is -3.36. The maximum absolute atomic E-state index is 13.2. The largest absolute Gasteiger partial charge is 0.446 e. The molecule has 2 N–H and O–H groups in total. The highest BCUT2D eigenvalue weighted by atomic mass is 16.6. The zero-order valence-corrected chi connectivity index (χ0v) is 23.0. The molecule has 208 valence electrons. The summed E-state index contributed by atoms with van der Waals surface area (Å²) in [5, 5.41) is 14.9. The molecule has 2 unspecified atom stereocenters. The molecular formula is C27H40N6O5. The number of nitrogens with zero attached hydrogens (tertiary/aromatic N) is 4. The first-order chi connectivity index (χ1) is 18.1. The van der Waals surface area contributed by atoms with Crippen LogP contribution in [0.3, 0.4) is 0 Å². The van der Waals surface area contributed by atoms with Crippen LogP contribution in [0, 0.1) is 12.3 Å². The van der Waals surface area contributed by atoms with Crippen LogP contribution in [0.1, 0.15) is 76.0 Å². The Balaban J connectivity index is 1.63. The summed E-state index contributed by atoms with van der Waals surface area (Å²) in [6.45, 7) is 11.8. The molecule has 1 aliphatic rings. The number of ether oxygens (including phenoxy) is 3. The molecule has 0 saturated heterocycles. The smallest absolute Gasteiger partial charge is 0.407 e. The number of terminal acetylenes is 1. The first-order valence-corrected chi connectivity index (χ1v) is 13.1. The number of aromatic nitrogens is 4. The van der Waals surface area contributed by atoms with Crippen LogP contribution < -0.4 is 10.6 Å². The molecule has 1 aliphatic carbocycles. The van der Waals surface area contributed by atoms with Gasteiger partial charge in [-0.05, 0) is 59.9 Å². The van der Waals surface area contributed by atoms with Crippen molar-refractivity contribution in [2.75, 3.05) is 31.7 Å². The van der Waals surface area contributed by atoms with Crippen LogP contribution in [0.25, 0.3) is 0 Å². The highest BCUT2D eigenvalue weighted by Gasteiger charge is 2.32. The maximum atomic E-state index is 13.2. The Kier molecular flexibility index (Phi) is 10.3. The van der Waals surface area contributed by atoms with Gasteiger partial charge in [0.1, 0.15) is 24.2 Å². The lowest BCUT2D eigenvalue weighted by Gasteiger charge is -2.22. The SMILES string of the molecule is C#CCOCCOCCn1nccc1C(=O)Nc1cc(C2CCC(OC(=O)NC(C)C)C2)nn1C(C)(C)C. The van der Waals surface area contributed by atoms with E-state index < -0.39 is 6.09 Å². The van der Waals surface area contributed by atoms with Crippen molar-refractivity contribution in [2.24, 2.45) is 0 Å². The van der Waals surface area contributed by atoms with Gasteiger partial charge in [-0.15, -0.1) is 6.42 Å². The molecule has 0 bridgehead atoms. The molecule has 2 aromatic heterocycles. The number of amides is 2. The minimum absolute atomic E-state index is 0.0241. The Morgan fingerprint density at radius 2 is 1.97 bits per heavy atom. The predicted molar refractivity (Wildman–Crippen MR) is 143 cm³/mol. The van der Waals surface area contributed by atoms with Crippen molar-refractivity contribution in [3.63, 3.8) is 0 Å². The van der Waals surface area contributed by atoms with E-state index in [2.05, 4.69) is 21.7 Å². The van der Waals surface area contributed by atoms with Crippen molar-refractivity contribution in [3.8, 4) is 12.3 Å². The molecular weight excluding hydrogens is 488 g/mol. The summed E-state index contributed by atoms with van der Waals surface area (Å²) >= 11 is 0. The number of rotatable bonds is 12. The van der Waals surface area contributed by atoms with Crippen LogP contribution in [0.15, 0.2) is 18.3 Å². The number of hydrogen-bond donors (Lipinski definition) is 2. The summed E-state index contributed by atoms with van der Waals surface area (Å²) in [4.78, 5) is 25.2. The second-order valence-electron chi connectivity index (χ2n) is 10.6. The van der Waals surface area contributed by atoms with Gasteiger partial charge < -0.3 is 24.8 Å². The zero-order valence-electron chi connectivity index (χ0n) is 23.0. The molecule has 0 aromatic carbocycles. The van der Waals surface area contributed by atoms with Crippen molar-refractivity contribution >= 4 is 17.8 Å². The van der Waals surface area contributed by atoms with Crippen molar-refractivity contribution in [2.45, 2.75) is 84.0 Å². The van der Waals surface area contributed by atoms with E-state index in [4.69, 9.17) is 25.7 Å². The molecule has 2 heterocycles. The van der Waals surface area contributed by atoms with Gasteiger partial charge >= 0.3 is 6.09 Å². The lowest BCUT2D eigenvalue weighted by Crippen LogP contribution is -2.33. The molecule has 2 aromatic rings. The van der Waals surface area contributed by atoms with Gasteiger partial charge in [-0.2, -0.15) is 10.2 Å². The van der Waals surface area contributed by atoms with Crippen molar-refractivity contribution in [1.82, 2.24) is 24.9 Å². The fourth-order valence-corrected chi connectivity index (χ4v) is 4.32. The molecule has 0 spiro atoms. The third-order valence-electron chi connectivity index (χ3n) is 6.04. The van der Waals surface area contributed by atoms with E-state index in [1.807, 2.05) is 45.4 Å². The van der Waals surface area contributed by atoms with Gasteiger partial charge in [0, 0.05) is 24.2 Å². The van der Waals surface area contributed by atoms with E-state index in [0.717, 1.165) is 18.5 Å². The Morgan fingerprint density at radius 3 is 2.68 bits per heavy atom. The molecule has 11 heteroatoms. The van der Waals surface area contributed by atoms with Crippen LogP contribution in [-0.2, 0) is 26.3 Å². The van der Waals surface area contributed by atoms with E-state index in [1.54, 1.807) is 16.9 Å². The van der Waals surface area contributed by atoms with Crippen LogP contribution in [0.4, 0.5) is 10.6 Å². The standard InChI is InChI=1S/C27H40N6O5/c1-7-13-36-15-16-37-14-12-32-23(10-11-28-32)25(34)30-24-18-22(31-33(24)27(4,5)6)20-8-9-21(17-20)38-26(35)29-19(2)3/h1,10-11,18-21H,8-9,12-17H2,2-6H3,(H,29,35)(H,30,34). The van der Waals surface area contributed by atoms with Crippen LogP contribution in [0.2, 0.25) is 0 Å². The average Bonchev–Trinajstić information content (AvgIpc) is 3.57. The van der Waals surface area contributed by atoms with Crippen molar-refractivity contribution < 1.29 is 23.8 Å². The highest BCUT2D eigenvalue weighted by molar-refractivity contribution is 6.02. The van der Waals surface area contributed by atoms with Crippen LogP contribution >= 0.6 is 0 Å². The lowest BCUT2D eigenvalue weighted by molar-refractivity contribution is 0.0552. The number of alkyl carbamates (subject to hydrolysis) is 1. The highest BCUT2D eigenvalue weighted by Crippen LogP contribution is 2.37. The molecule has 0 aliphatic heterocycles. The average molecular weight is 529 g/mol. The Morgan fingerprint density at radius 1 is 1.21 bits per heavy atom. The van der Waals surface area contributed by atoms with Crippen molar-refractivity contribution in [1.29, 1.82) is 0 Å². The van der Waals surface area contributed by atoms with E-state index in [9.17, 15) is 9.59 Å². The summed E-state index contributed by atoms with van der Waals surface area (Å²) in [6, 6.07) is 3.62. The third-order valence-corrected chi connectivity index (χ3v) is 6.04. The van der Waals surface area contributed by atoms with E-state index in [0.29, 0.717) is 44.3 Å². The maximum Gasteiger partial charge on any atom is 0.407 e. The van der Waals surface area contributed by atoms with Gasteiger partial charge in [0.15, 0.2) is 0 Å². The summed E-state index contributed by atoms with van der Waals surface area (Å²) in [6.07, 6.45) is 8.51. The molecule has 11 nitrogen and oxygen atoms in total. The van der Waals surface area contributed by atoms with Crippen LogP contribution in [0.5, 0.6) is 0 Å². The number of carbonyl (C=O) groups excluding carboxylic acids is 2. The lowest BCUT2D eigenvalue weighted by atomic mass is 10.0. The first kappa shape index (κ1) is 29.2. The second kappa shape index (κ2) is 13.4. The number of nitrogens with one attached hydrogen (secondary N) is 2. The second-order valence-corrected chi connectivity index (χ2v) is 10.6. The normalized spacial score (nSPS) is 17.4. The van der Waals surface area contributed by atoms with E-state index in [-0.39, 0.29) is 36.1 Å². The third kappa shape index (κ3) is 8.33. The number of anilines is 1. The quantitative estimate of drug-likeness (QED) is 0.319. The summed E-state index contributed by atoms with van der Waals surface area (Å²) in [5.74, 6) is 2.86. The molecule has 0 radical (unpaired) electrons. The molecule has 2 atom stereocenters. The van der Waals surface area contributed by atoms with Crippen molar-refractivity contribution in [3.05, 3.63) is 29.7 Å². The van der Waals surface area contributed by atoms with E-state index in [1.165, 1.54) is 0 Å². The molecule has 1 fully saturated rings. The van der Waals surface area contributed by atoms with Gasteiger partial charge in [0.05, 0.1) is 37.6 Å². The Labute approximate surface area is 224 Å². The van der Waals surface area contributed by atoms with Gasteiger partial charge in [-0.3, -0.25) is 9.48 Å². The minimum Gasteiger partial charge on any atom is -0.446 e. The minimum atomic E-state index is -0.391. The number of hydrogen-bond acceptors (Lipinski definition) is 7. The molecule has 3 rings (SSSR count). The first-order valence-electron chi connectivity index (χ1n) is 13.1. The Bertz CT molecular complexity index is 1110. The molecule has 2 amide bonds. The fourth-order valence-electron chi connectivity index (χ4n) is 4.32. The predicted octanol–water partition coefficient (Wildman–Crippen LogP) is 3.52. The van der Waals surface area contributed by atoms with Gasteiger partial charge in [-0.1, -0.05) is 5.92 Å². The van der Waals surface area contributed by atoms with Gasteiger partial charge in [-0.25, -0.2) is 9.48 Å². The monoisotopic (exact) mass is 528 g/mol.